The van der Waals surface area contributed by atoms with Crippen LogP contribution in [0.5, 0.6) is 0 Å². The lowest BCUT2D eigenvalue weighted by molar-refractivity contribution is 0.312. The van der Waals surface area contributed by atoms with Crippen LogP contribution in [0.15, 0.2) is 6.20 Å². The Morgan fingerprint density at radius 1 is 1.27 bits per heavy atom. The van der Waals surface area contributed by atoms with Crippen LogP contribution in [0.25, 0.3) is 0 Å². The fourth-order valence-electron chi connectivity index (χ4n) is 1.75. The average molecular weight is 227 g/mol. The number of hydrogen-bond acceptors (Lipinski definition) is 4. The van der Waals surface area contributed by atoms with Crippen molar-refractivity contribution in [3.05, 3.63) is 17.0 Å². The van der Waals surface area contributed by atoms with Gasteiger partial charge in [-0.1, -0.05) is 0 Å². The summed E-state index contributed by atoms with van der Waals surface area (Å²) < 4.78 is 0. The van der Waals surface area contributed by atoms with Crippen molar-refractivity contribution in [3.8, 4) is 0 Å². The Bertz CT molecular complexity index is 347. The van der Waals surface area contributed by atoms with Crippen LogP contribution >= 0.6 is 11.6 Å². The zero-order valence-corrected chi connectivity index (χ0v) is 9.83. The molecule has 0 N–H and O–H groups in total. The highest BCUT2D eigenvalue weighted by Gasteiger charge is 2.17. The van der Waals surface area contributed by atoms with Crippen LogP contribution in [0.3, 0.4) is 0 Å². The number of aromatic nitrogens is 2. The number of hydrogen-bond donors (Lipinski definition) is 0. The number of rotatable bonds is 1. The zero-order chi connectivity index (χ0) is 10.8. The fraction of sp³-hybridized carbons (Fsp3) is 0.600. The van der Waals surface area contributed by atoms with Gasteiger partial charge < -0.3 is 9.80 Å². The number of anilines is 1. The first-order valence-corrected chi connectivity index (χ1v) is 5.47. The summed E-state index contributed by atoms with van der Waals surface area (Å²) >= 11 is 5.81. The standard InChI is InChI=1S/C10H15ClN4/c1-8-7-12-10(11)13-9(8)15-5-3-14(2)4-6-15/h7H,3-6H2,1-2H3. The van der Waals surface area contributed by atoms with E-state index in [2.05, 4.69) is 26.8 Å². The van der Waals surface area contributed by atoms with Gasteiger partial charge in [0.2, 0.25) is 5.28 Å². The second-order valence-electron chi connectivity index (χ2n) is 3.94. The van der Waals surface area contributed by atoms with Crippen LogP contribution in [-0.2, 0) is 0 Å². The van der Waals surface area contributed by atoms with Gasteiger partial charge in [-0.2, -0.15) is 0 Å². The molecule has 0 aliphatic carbocycles. The van der Waals surface area contributed by atoms with Crippen molar-refractivity contribution in [2.45, 2.75) is 6.92 Å². The second-order valence-corrected chi connectivity index (χ2v) is 4.27. The third kappa shape index (κ3) is 2.38. The smallest absolute Gasteiger partial charge is 0.224 e. The van der Waals surface area contributed by atoms with Crippen molar-refractivity contribution in [1.82, 2.24) is 14.9 Å². The quantitative estimate of drug-likeness (QED) is 0.674. The monoisotopic (exact) mass is 226 g/mol. The van der Waals surface area contributed by atoms with Gasteiger partial charge in [-0.05, 0) is 25.6 Å². The van der Waals surface area contributed by atoms with E-state index in [9.17, 15) is 0 Å². The molecule has 5 heteroatoms. The minimum absolute atomic E-state index is 0.328. The van der Waals surface area contributed by atoms with Crippen LogP contribution in [0.2, 0.25) is 5.28 Å². The highest BCUT2D eigenvalue weighted by atomic mass is 35.5. The van der Waals surface area contributed by atoms with Crippen LogP contribution in [0.1, 0.15) is 5.56 Å². The highest BCUT2D eigenvalue weighted by Crippen LogP contribution is 2.19. The van der Waals surface area contributed by atoms with E-state index < -0.39 is 0 Å². The van der Waals surface area contributed by atoms with Crippen molar-refractivity contribution in [2.75, 3.05) is 38.1 Å². The molecular formula is C10H15ClN4. The Morgan fingerprint density at radius 2 is 1.93 bits per heavy atom. The molecular weight excluding hydrogens is 212 g/mol. The number of nitrogens with zero attached hydrogens (tertiary/aromatic N) is 4. The van der Waals surface area contributed by atoms with Gasteiger partial charge in [-0.3, -0.25) is 0 Å². The summed E-state index contributed by atoms with van der Waals surface area (Å²) in [6.07, 6.45) is 1.78. The molecule has 2 rings (SSSR count). The van der Waals surface area contributed by atoms with E-state index in [0.29, 0.717) is 5.28 Å². The summed E-state index contributed by atoms with van der Waals surface area (Å²) in [5.74, 6) is 0.975. The molecule has 0 radical (unpaired) electrons. The summed E-state index contributed by atoms with van der Waals surface area (Å²) in [5.41, 5.74) is 1.09. The van der Waals surface area contributed by atoms with Gasteiger partial charge in [0.15, 0.2) is 0 Å². The number of aryl methyl sites for hydroxylation is 1. The molecule has 4 nitrogen and oxygen atoms in total. The van der Waals surface area contributed by atoms with Gasteiger partial charge in [0.25, 0.3) is 0 Å². The molecule has 1 fully saturated rings. The van der Waals surface area contributed by atoms with E-state index in [1.807, 2.05) is 6.92 Å². The molecule has 1 aromatic rings. The first kappa shape index (κ1) is 10.6. The van der Waals surface area contributed by atoms with Crippen molar-refractivity contribution < 1.29 is 0 Å². The molecule has 1 aliphatic heterocycles. The third-order valence-corrected chi connectivity index (χ3v) is 2.90. The van der Waals surface area contributed by atoms with Gasteiger partial charge in [0.05, 0.1) is 0 Å². The number of piperazine rings is 1. The first-order valence-electron chi connectivity index (χ1n) is 5.09. The summed E-state index contributed by atoms with van der Waals surface area (Å²) in [6.45, 7) is 6.17. The molecule has 0 amide bonds. The largest absolute Gasteiger partial charge is 0.354 e. The second kappa shape index (κ2) is 4.33. The van der Waals surface area contributed by atoms with Crippen LogP contribution in [0.4, 0.5) is 5.82 Å². The van der Waals surface area contributed by atoms with Gasteiger partial charge in [-0.25, -0.2) is 9.97 Å². The van der Waals surface area contributed by atoms with Crippen LogP contribution in [-0.4, -0.2) is 48.1 Å². The Morgan fingerprint density at radius 3 is 2.60 bits per heavy atom. The van der Waals surface area contributed by atoms with E-state index in [4.69, 9.17) is 11.6 Å². The van der Waals surface area contributed by atoms with Gasteiger partial charge in [0.1, 0.15) is 5.82 Å². The number of halogens is 1. The minimum atomic E-state index is 0.328. The lowest BCUT2D eigenvalue weighted by atomic mass is 10.2. The zero-order valence-electron chi connectivity index (χ0n) is 9.07. The predicted octanol–water partition coefficient (Wildman–Crippen LogP) is 1.19. The Balaban J connectivity index is 2.18. The highest BCUT2D eigenvalue weighted by molar-refractivity contribution is 6.28. The summed E-state index contributed by atoms with van der Waals surface area (Å²) in [4.78, 5) is 12.8. The average Bonchev–Trinajstić information content (AvgIpc) is 2.23. The summed E-state index contributed by atoms with van der Waals surface area (Å²) in [7, 11) is 2.14. The first-order chi connectivity index (χ1) is 7.16. The summed E-state index contributed by atoms with van der Waals surface area (Å²) in [6, 6.07) is 0. The maximum Gasteiger partial charge on any atom is 0.224 e. The molecule has 82 valence electrons. The Hall–Kier alpha value is -0.870. The van der Waals surface area contributed by atoms with E-state index in [1.54, 1.807) is 6.20 Å². The van der Waals surface area contributed by atoms with Gasteiger partial charge >= 0.3 is 0 Å². The maximum atomic E-state index is 5.81. The van der Waals surface area contributed by atoms with E-state index >= 15 is 0 Å². The molecule has 0 saturated carbocycles. The van der Waals surface area contributed by atoms with Crippen molar-refractivity contribution in [1.29, 1.82) is 0 Å². The molecule has 1 aliphatic rings. The van der Waals surface area contributed by atoms with Crippen LogP contribution in [0, 0.1) is 6.92 Å². The molecule has 1 saturated heterocycles. The molecule has 15 heavy (non-hydrogen) atoms. The molecule has 0 aromatic carbocycles. The van der Waals surface area contributed by atoms with E-state index in [0.717, 1.165) is 37.6 Å². The van der Waals surface area contributed by atoms with Gasteiger partial charge in [0, 0.05) is 37.9 Å². The predicted molar refractivity (Wildman–Crippen MR) is 61.5 cm³/mol. The lowest BCUT2D eigenvalue weighted by Crippen LogP contribution is -2.45. The molecule has 0 spiro atoms. The molecule has 0 atom stereocenters. The fourth-order valence-corrected chi connectivity index (χ4v) is 1.88. The van der Waals surface area contributed by atoms with Crippen LogP contribution < -0.4 is 4.90 Å². The molecule has 1 aromatic heterocycles. The van der Waals surface area contributed by atoms with Crippen molar-refractivity contribution >= 4 is 17.4 Å². The summed E-state index contributed by atoms with van der Waals surface area (Å²) in [5, 5.41) is 0.328. The molecule has 0 unspecified atom stereocenters. The maximum absolute atomic E-state index is 5.81. The lowest BCUT2D eigenvalue weighted by Gasteiger charge is -2.33. The SMILES string of the molecule is Cc1cnc(Cl)nc1N1CCN(C)CC1. The molecule has 0 bridgehead atoms. The normalized spacial score (nSPS) is 18.2. The van der Waals surface area contributed by atoms with E-state index in [1.165, 1.54) is 0 Å². The van der Waals surface area contributed by atoms with E-state index in [-0.39, 0.29) is 0 Å². The van der Waals surface area contributed by atoms with Gasteiger partial charge in [-0.15, -0.1) is 0 Å². The van der Waals surface area contributed by atoms with Crippen molar-refractivity contribution in [3.63, 3.8) is 0 Å². The minimum Gasteiger partial charge on any atom is -0.354 e. The Labute approximate surface area is 94.9 Å². The molecule has 2 heterocycles. The Kier molecular flexibility index (Phi) is 3.07. The number of likely N-dealkylation sites (N-methyl/N-ethyl adjacent to an activating group) is 1. The van der Waals surface area contributed by atoms with Crippen molar-refractivity contribution in [2.24, 2.45) is 0 Å². The third-order valence-electron chi connectivity index (χ3n) is 2.72. The topological polar surface area (TPSA) is 32.3 Å².